The molecule has 0 radical (unpaired) electrons. The predicted octanol–water partition coefficient (Wildman–Crippen LogP) is 4.02. The van der Waals surface area contributed by atoms with Gasteiger partial charge in [0, 0.05) is 13.1 Å². The molecule has 1 amide bonds. The Labute approximate surface area is 124 Å². The smallest absolute Gasteiger partial charge is 0.260 e. The van der Waals surface area contributed by atoms with Crippen molar-refractivity contribution >= 4 is 29.1 Å². The molecule has 0 saturated carbocycles. The van der Waals surface area contributed by atoms with Crippen LogP contribution < -0.4 is 4.74 Å². The van der Waals surface area contributed by atoms with Crippen LogP contribution in [0.4, 0.5) is 0 Å². The third kappa shape index (κ3) is 4.92. The standard InChI is InChI=1S/C14H19Cl2NO2/c1-3-8-17(9-4-2)13(18)10-19-12-7-5-6-11(15)14(12)16/h5-7H,3-4,8-10H2,1-2H3. The molecule has 0 atom stereocenters. The van der Waals surface area contributed by atoms with Crippen LogP contribution in [-0.4, -0.2) is 30.5 Å². The van der Waals surface area contributed by atoms with Gasteiger partial charge in [0.15, 0.2) is 6.61 Å². The van der Waals surface area contributed by atoms with Gasteiger partial charge in [0.2, 0.25) is 0 Å². The lowest BCUT2D eigenvalue weighted by Crippen LogP contribution is -2.36. The van der Waals surface area contributed by atoms with Gasteiger partial charge in [0.1, 0.15) is 10.8 Å². The molecule has 0 aliphatic heterocycles. The second-order valence-electron chi connectivity index (χ2n) is 4.22. The lowest BCUT2D eigenvalue weighted by atomic mass is 10.3. The quantitative estimate of drug-likeness (QED) is 0.761. The van der Waals surface area contributed by atoms with Crippen LogP contribution >= 0.6 is 23.2 Å². The second-order valence-corrected chi connectivity index (χ2v) is 5.01. The van der Waals surface area contributed by atoms with Crippen molar-refractivity contribution in [1.82, 2.24) is 4.90 Å². The van der Waals surface area contributed by atoms with E-state index < -0.39 is 0 Å². The van der Waals surface area contributed by atoms with Crippen LogP contribution in [0.15, 0.2) is 18.2 Å². The SMILES string of the molecule is CCCN(CCC)C(=O)COc1cccc(Cl)c1Cl. The number of rotatable bonds is 7. The van der Waals surface area contributed by atoms with E-state index in [1.165, 1.54) is 0 Å². The largest absolute Gasteiger partial charge is 0.482 e. The van der Waals surface area contributed by atoms with Crippen molar-refractivity contribution < 1.29 is 9.53 Å². The molecular formula is C14H19Cl2NO2. The van der Waals surface area contributed by atoms with Crippen LogP contribution in [0.3, 0.4) is 0 Å². The Bertz CT molecular complexity index is 418. The van der Waals surface area contributed by atoms with E-state index in [9.17, 15) is 4.79 Å². The van der Waals surface area contributed by atoms with Gasteiger partial charge in [-0.25, -0.2) is 0 Å². The first kappa shape index (κ1) is 16.1. The zero-order chi connectivity index (χ0) is 14.3. The zero-order valence-electron chi connectivity index (χ0n) is 11.3. The van der Waals surface area contributed by atoms with Gasteiger partial charge in [0.05, 0.1) is 5.02 Å². The Kier molecular flexibility index (Phi) is 7.03. The molecule has 0 heterocycles. The van der Waals surface area contributed by atoms with Crippen LogP contribution in [-0.2, 0) is 4.79 Å². The maximum Gasteiger partial charge on any atom is 0.260 e. The number of nitrogens with zero attached hydrogens (tertiary/aromatic N) is 1. The van der Waals surface area contributed by atoms with Crippen LogP contribution in [0, 0.1) is 0 Å². The van der Waals surface area contributed by atoms with Gasteiger partial charge in [-0.15, -0.1) is 0 Å². The molecule has 1 aromatic carbocycles. The molecule has 1 rings (SSSR count). The Hall–Kier alpha value is -0.930. The van der Waals surface area contributed by atoms with Crippen molar-refractivity contribution in [3.05, 3.63) is 28.2 Å². The van der Waals surface area contributed by atoms with Gasteiger partial charge in [-0.1, -0.05) is 43.1 Å². The molecule has 3 nitrogen and oxygen atoms in total. The highest BCUT2D eigenvalue weighted by Crippen LogP contribution is 2.31. The lowest BCUT2D eigenvalue weighted by molar-refractivity contribution is -0.133. The molecule has 0 aromatic heterocycles. The molecule has 0 saturated heterocycles. The van der Waals surface area contributed by atoms with Crippen LogP contribution in [0.1, 0.15) is 26.7 Å². The van der Waals surface area contributed by atoms with E-state index in [-0.39, 0.29) is 12.5 Å². The van der Waals surface area contributed by atoms with Crippen molar-refractivity contribution in [3.63, 3.8) is 0 Å². The summed E-state index contributed by atoms with van der Waals surface area (Å²) < 4.78 is 5.45. The summed E-state index contributed by atoms with van der Waals surface area (Å²) in [4.78, 5) is 13.8. The van der Waals surface area contributed by atoms with Crippen molar-refractivity contribution in [2.24, 2.45) is 0 Å². The van der Waals surface area contributed by atoms with E-state index in [0.717, 1.165) is 25.9 Å². The minimum Gasteiger partial charge on any atom is -0.482 e. The number of amides is 1. The Morgan fingerprint density at radius 2 is 1.84 bits per heavy atom. The molecular weight excluding hydrogens is 285 g/mol. The van der Waals surface area contributed by atoms with Crippen molar-refractivity contribution in [1.29, 1.82) is 0 Å². The van der Waals surface area contributed by atoms with Gasteiger partial charge >= 0.3 is 0 Å². The fourth-order valence-corrected chi connectivity index (χ4v) is 2.07. The molecule has 0 N–H and O–H groups in total. The van der Waals surface area contributed by atoms with Crippen LogP contribution in [0.2, 0.25) is 10.0 Å². The average molecular weight is 304 g/mol. The van der Waals surface area contributed by atoms with Gasteiger partial charge in [0.25, 0.3) is 5.91 Å². The van der Waals surface area contributed by atoms with E-state index in [4.69, 9.17) is 27.9 Å². The van der Waals surface area contributed by atoms with Gasteiger partial charge in [-0.2, -0.15) is 0 Å². The summed E-state index contributed by atoms with van der Waals surface area (Å²) in [6.45, 7) is 5.58. The molecule has 0 aliphatic carbocycles. The molecule has 0 bridgehead atoms. The lowest BCUT2D eigenvalue weighted by Gasteiger charge is -2.21. The summed E-state index contributed by atoms with van der Waals surface area (Å²) in [5, 5.41) is 0.764. The zero-order valence-corrected chi connectivity index (χ0v) is 12.8. The highest BCUT2D eigenvalue weighted by Gasteiger charge is 2.13. The molecule has 0 unspecified atom stereocenters. The summed E-state index contributed by atoms with van der Waals surface area (Å²) in [6, 6.07) is 5.12. The number of ether oxygens (including phenoxy) is 1. The number of benzene rings is 1. The highest BCUT2D eigenvalue weighted by molar-refractivity contribution is 6.42. The van der Waals surface area contributed by atoms with Crippen molar-refractivity contribution in [2.75, 3.05) is 19.7 Å². The third-order valence-electron chi connectivity index (χ3n) is 2.61. The molecule has 19 heavy (non-hydrogen) atoms. The minimum atomic E-state index is -0.0280. The molecule has 0 fully saturated rings. The third-order valence-corrected chi connectivity index (χ3v) is 3.41. The number of carbonyl (C=O) groups is 1. The summed E-state index contributed by atoms with van der Waals surface area (Å²) in [6.07, 6.45) is 1.87. The maximum atomic E-state index is 12.0. The number of carbonyl (C=O) groups excluding carboxylic acids is 1. The fourth-order valence-electron chi connectivity index (χ4n) is 1.73. The van der Waals surface area contributed by atoms with E-state index in [0.29, 0.717) is 15.8 Å². The molecule has 5 heteroatoms. The van der Waals surface area contributed by atoms with Gasteiger partial charge < -0.3 is 9.64 Å². The Morgan fingerprint density at radius 3 is 2.42 bits per heavy atom. The summed E-state index contributed by atoms with van der Waals surface area (Å²) in [5.41, 5.74) is 0. The van der Waals surface area contributed by atoms with Crippen molar-refractivity contribution in [3.8, 4) is 5.75 Å². The first-order valence-electron chi connectivity index (χ1n) is 6.44. The topological polar surface area (TPSA) is 29.5 Å². The predicted molar refractivity (Wildman–Crippen MR) is 79.1 cm³/mol. The van der Waals surface area contributed by atoms with Crippen molar-refractivity contribution in [2.45, 2.75) is 26.7 Å². The monoisotopic (exact) mass is 303 g/mol. The molecule has 0 spiro atoms. The van der Waals surface area contributed by atoms with Gasteiger partial charge in [-0.05, 0) is 25.0 Å². The number of hydrogen-bond acceptors (Lipinski definition) is 2. The van der Waals surface area contributed by atoms with Crippen LogP contribution in [0.5, 0.6) is 5.75 Å². The van der Waals surface area contributed by atoms with E-state index >= 15 is 0 Å². The minimum absolute atomic E-state index is 0.0138. The van der Waals surface area contributed by atoms with E-state index in [1.807, 2.05) is 13.8 Å². The molecule has 1 aromatic rings. The normalized spacial score (nSPS) is 10.3. The Morgan fingerprint density at radius 1 is 1.21 bits per heavy atom. The van der Waals surface area contributed by atoms with E-state index in [2.05, 4.69) is 0 Å². The fraction of sp³-hybridized carbons (Fsp3) is 0.500. The second kappa shape index (κ2) is 8.28. The van der Waals surface area contributed by atoms with Gasteiger partial charge in [-0.3, -0.25) is 4.79 Å². The first-order chi connectivity index (χ1) is 9.10. The highest BCUT2D eigenvalue weighted by atomic mass is 35.5. The summed E-state index contributed by atoms with van der Waals surface area (Å²) >= 11 is 11.9. The molecule has 106 valence electrons. The number of hydrogen-bond donors (Lipinski definition) is 0. The van der Waals surface area contributed by atoms with Crippen LogP contribution in [0.25, 0.3) is 0 Å². The molecule has 0 aliphatic rings. The summed E-state index contributed by atoms with van der Waals surface area (Å²) in [5.74, 6) is 0.412. The Balaban J connectivity index is 2.59. The maximum absolute atomic E-state index is 12.0. The average Bonchev–Trinajstić information content (AvgIpc) is 2.40. The van der Waals surface area contributed by atoms with E-state index in [1.54, 1.807) is 23.1 Å². The first-order valence-corrected chi connectivity index (χ1v) is 7.20. The number of halogens is 2. The summed E-state index contributed by atoms with van der Waals surface area (Å²) in [7, 11) is 0.